The van der Waals surface area contributed by atoms with Crippen LogP contribution in [0.25, 0.3) is 11.2 Å². The molecule has 1 aliphatic carbocycles. The number of likely N-dealkylation sites (N-methyl/N-ethyl adjacent to an activating group) is 1. The van der Waals surface area contributed by atoms with Gasteiger partial charge in [0, 0.05) is 13.1 Å². The molecule has 2 amide bonds. The monoisotopic (exact) mass is 495 g/mol. The molecule has 0 bridgehead atoms. The molecule has 2 fully saturated rings. The number of anilines is 1. The fourth-order valence-electron chi connectivity index (χ4n) is 4.25. The Hall–Kier alpha value is -3.99. The molecular formula is C23H25N7O6. The van der Waals surface area contributed by atoms with Crippen LogP contribution in [0.1, 0.15) is 41.7 Å². The number of nitrogens with one attached hydrogen (secondary N) is 1. The van der Waals surface area contributed by atoms with Crippen LogP contribution < -0.4 is 11.1 Å². The number of nitrogens with zero attached hydrogens (tertiary/aromatic N) is 5. The summed E-state index contributed by atoms with van der Waals surface area (Å²) in [5.41, 5.74) is 6.99. The summed E-state index contributed by atoms with van der Waals surface area (Å²) in [5.74, 6) is 5.21. The normalized spacial score (nSPS) is 23.6. The quantitative estimate of drug-likeness (QED) is 0.334. The van der Waals surface area contributed by atoms with Crippen molar-refractivity contribution >= 4 is 28.8 Å². The van der Waals surface area contributed by atoms with Crippen molar-refractivity contribution in [1.29, 1.82) is 0 Å². The summed E-state index contributed by atoms with van der Waals surface area (Å²) in [5, 5.41) is 23.2. The fraction of sp³-hybridized carbons (Fsp3) is 0.435. The number of fused-ring (bicyclic) bond motifs is 1. The number of hydrogen-bond donors (Lipinski definition) is 4. The molecular weight excluding hydrogens is 470 g/mol. The van der Waals surface area contributed by atoms with E-state index in [0.29, 0.717) is 5.56 Å². The van der Waals surface area contributed by atoms with Gasteiger partial charge in [0.05, 0.1) is 24.7 Å². The van der Waals surface area contributed by atoms with Crippen molar-refractivity contribution in [3.05, 3.63) is 36.3 Å². The number of imidazole rings is 1. The molecule has 0 spiro atoms. The van der Waals surface area contributed by atoms with E-state index in [4.69, 9.17) is 14.9 Å². The number of nitrogens with two attached hydrogens (primary N) is 1. The van der Waals surface area contributed by atoms with Crippen molar-refractivity contribution in [2.24, 2.45) is 0 Å². The van der Waals surface area contributed by atoms with E-state index in [2.05, 4.69) is 32.1 Å². The molecule has 0 radical (unpaired) electrons. The largest absolute Gasteiger partial charge is 0.472 e. The van der Waals surface area contributed by atoms with E-state index in [1.54, 1.807) is 11.0 Å². The van der Waals surface area contributed by atoms with E-state index in [1.165, 1.54) is 30.5 Å². The second kappa shape index (κ2) is 9.57. The number of aromatic nitrogens is 4. The van der Waals surface area contributed by atoms with Crippen LogP contribution in [0.3, 0.4) is 0 Å². The maximum absolute atomic E-state index is 12.9. The van der Waals surface area contributed by atoms with Gasteiger partial charge in [-0.2, -0.15) is 0 Å². The fourth-order valence-corrected chi connectivity index (χ4v) is 4.25. The number of aliphatic hydroxyl groups is 2. The van der Waals surface area contributed by atoms with Crippen molar-refractivity contribution in [2.75, 3.05) is 19.3 Å². The average molecular weight is 495 g/mol. The van der Waals surface area contributed by atoms with Crippen LogP contribution in [0, 0.1) is 11.8 Å². The molecule has 188 valence electrons. The number of hydrogen-bond acceptors (Lipinski definition) is 10. The second-order valence-corrected chi connectivity index (χ2v) is 8.63. The maximum Gasteiger partial charge on any atom is 0.258 e. The molecule has 13 nitrogen and oxygen atoms in total. The predicted molar refractivity (Wildman–Crippen MR) is 124 cm³/mol. The lowest BCUT2D eigenvalue weighted by Gasteiger charge is -2.36. The van der Waals surface area contributed by atoms with Crippen LogP contribution in [0.5, 0.6) is 0 Å². The van der Waals surface area contributed by atoms with Gasteiger partial charge in [0.15, 0.2) is 23.8 Å². The molecule has 4 atom stereocenters. The number of rotatable bonds is 5. The molecule has 0 aromatic carbocycles. The van der Waals surface area contributed by atoms with Gasteiger partial charge in [-0.05, 0) is 31.2 Å². The minimum atomic E-state index is -1.45. The first-order chi connectivity index (χ1) is 17.4. The topological polar surface area (TPSA) is 182 Å². The zero-order valence-corrected chi connectivity index (χ0v) is 19.4. The minimum Gasteiger partial charge on any atom is -0.472 e. The molecule has 3 aromatic heterocycles. The molecule has 5 N–H and O–H groups in total. The highest BCUT2D eigenvalue weighted by atomic mass is 16.6. The Kier molecular flexibility index (Phi) is 6.31. The van der Waals surface area contributed by atoms with Crippen LogP contribution in [0.15, 0.2) is 29.3 Å². The summed E-state index contributed by atoms with van der Waals surface area (Å²) < 4.78 is 12.0. The number of carbonyl (C=O) groups excluding carboxylic acids is 2. The van der Waals surface area contributed by atoms with E-state index < -0.39 is 30.4 Å². The molecule has 5 rings (SSSR count). The Morgan fingerprint density at radius 3 is 2.78 bits per heavy atom. The zero-order chi connectivity index (χ0) is 25.4. The van der Waals surface area contributed by atoms with E-state index in [1.807, 2.05) is 0 Å². The standard InChI is InChI=1S/C23H25N7O6/c1-25-21(33)18-16(31)17(32)23(36-18)30-11-26-15-19(24)27-14(28-20(15)30)6-3-8-29(13-4-2-5-13)22(34)12-7-9-35-10-12/h7,9-11,13,16-18,23,31-32H,2,4-5,8H2,1H3,(H,25,33)(H2,24,27,28)/t16-,17+,18?,23?/m0/s1. The minimum absolute atomic E-state index is 0.0595. The van der Waals surface area contributed by atoms with Crippen LogP contribution in [-0.2, 0) is 9.53 Å². The molecule has 1 aliphatic heterocycles. The van der Waals surface area contributed by atoms with Gasteiger partial charge in [0.25, 0.3) is 11.8 Å². The summed E-state index contributed by atoms with van der Waals surface area (Å²) >= 11 is 0. The molecule has 2 aliphatic rings. The molecule has 36 heavy (non-hydrogen) atoms. The van der Waals surface area contributed by atoms with Gasteiger partial charge in [0.1, 0.15) is 24.0 Å². The zero-order valence-electron chi connectivity index (χ0n) is 19.4. The van der Waals surface area contributed by atoms with Gasteiger partial charge < -0.3 is 35.3 Å². The number of ether oxygens (including phenoxy) is 1. The van der Waals surface area contributed by atoms with Gasteiger partial charge in [0.2, 0.25) is 5.82 Å². The Morgan fingerprint density at radius 2 is 2.11 bits per heavy atom. The summed E-state index contributed by atoms with van der Waals surface area (Å²) in [4.78, 5) is 39.3. The SMILES string of the molecule is CNC(=O)C1OC(n2cnc3c(N)nc(C#CCN(C(=O)c4ccoc4)C4CCC4)nc32)[C@H](O)[C@@H]1O. The van der Waals surface area contributed by atoms with Gasteiger partial charge >= 0.3 is 0 Å². The molecule has 4 heterocycles. The van der Waals surface area contributed by atoms with Gasteiger partial charge in [-0.3, -0.25) is 14.2 Å². The van der Waals surface area contributed by atoms with E-state index in [9.17, 15) is 19.8 Å². The molecule has 1 saturated carbocycles. The van der Waals surface area contributed by atoms with Crippen molar-refractivity contribution in [1.82, 2.24) is 29.7 Å². The number of aliphatic hydroxyl groups excluding tert-OH is 2. The highest BCUT2D eigenvalue weighted by molar-refractivity contribution is 5.94. The van der Waals surface area contributed by atoms with E-state index in [0.717, 1.165) is 19.3 Å². The molecule has 3 aromatic rings. The first kappa shape index (κ1) is 23.7. The number of amides is 2. The average Bonchev–Trinajstić information content (AvgIpc) is 3.57. The van der Waals surface area contributed by atoms with Crippen LogP contribution in [0.4, 0.5) is 5.82 Å². The van der Waals surface area contributed by atoms with E-state index in [-0.39, 0.29) is 41.3 Å². The molecule has 1 saturated heterocycles. The number of furan rings is 1. The van der Waals surface area contributed by atoms with Crippen LogP contribution in [0.2, 0.25) is 0 Å². The molecule has 13 heteroatoms. The van der Waals surface area contributed by atoms with Crippen molar-refractivity contribution < 1.29 is 29.0 Å². The van der Waals surface area contributed by atoms with Crippen molar-refractivity contribution in [2.45, 2.75) is 49.8 Å². The third kappa shape index (κ3) is 4.15. The second-order valence-electron chi connectivity index (χ2n) is 8.63. The Bertz CT molecular complexity index is 1340. The smallest absolute Gasteiger partial charge is 0.258 e. The first-order valence-corrected chi connectivity index (χ1v) is 11.4. The summed E-state index contributed by atoms with van der Waals surface area (Å²) in [7, 11) is 1.40. The number of carbonyl (C=O) groups is 2. The molecule has 2 unspecified atom stereocenters. The van der Waals surface area contributed by atoms with Crippen molar-refractivity contribution in [3.63, 3.8) is 0 Å². The maximum atomic E-state index is 12.9. The Morgan fingerprint density at radius 1 is 1.31 bits per heavy atom. The van der Waals surface area contributed by atoms with Crippen LogP contribution >= 0.6 is 0 Å². The van der Waals surface area contributed by atoms with Gasteiger partial charge in [-0.25, -0.2) is 15.0 Å². The summed E-state index contributed by atoms with van der Waals surface area (Å²) in [6.07, 6.45) is 1.80. The Labute approximate surface area is 205 Å². The lowest BCUT2D eigenvalue weighted by atomic mass is 9.91. The highest BCUT2D eigenvalue weighted by Crippen LogP contribution is 2.32. The predicted octanol–water partition coefficient (Wildman–Crippen LogP) is -0.587. The third-order valence-electron chi connectivity index (χ3n) is 6.46. The van der Waals surface area contributed by atoms with Gasteiger partial charge in [-0.1, -0.05) is 5.92 Å². The van der Waals surface area contributed by atoms with Crippen LogP contribution in [-0.4, -0.2) is 84.4 Å². The van der Waals surface area contributed by atoms with Crippen molar-refractivity contribution in [3.8, 4) is 11.8 Å². The third-order valence-corrected chi connectivity index (χ3v) is 6.46. The van der Waals surface area contributed by atoms with Gasteiger partial charge in [-0.15, -0.1) is 0 Å². The summed E-state index contributed by atoms with van der Waals surface area (Å²) in [6.45, 7) is 0.166. The Balaban J connectivity index is 1.41. The summed E-state index contributed by atoms with van der Waals surface area (Å²) in [6, 6.07) is 1.73. The number of nitrogen functional groups attached to an aromatic ring is 1. The lowest BCUT2D eigenvalue weighted by Crippen LogP contribution is -2.44. The lowest BCUT2D eigenvalue weighted by molar-refractivity contribution is -0.137. The highest BCUT2D eigenvalue weighted by Gasteiger charge is 2.47. The first-order valence-electron chi connectivity index (χ1n) is 11.4. The van der Waals surface area contributed by atoms with E-state index >= 15 is 0 Å².